The van der Waals surface area contributed by atoms with Crippen molar-refractivity contribution in [2.45, 2.75) is 19.4 Å². The van der Waals surface area contributed by atoms with Gasteiger partial charge in [0.15, 0.2) is 0 Å². The van der Waals surface area contributed by atoms with Crippen molar-refractivity contribution in [2.24, 2.45) is 5.73 Å². The average Bonchev–Trinajstić information content (AvgIpc) is 3.10. The average molecular weight is 323 g/mol. The molecule has 19 heavy (non-hydrogen) atoms. The minimum absolute atomic E-state index is 0.264. The summed E-state index contributed by atoms with van der Waals surface area (Å²) in [5, 5.41) is 3.93. The number of halogens is 1. The van der Waals surface area contributed by atoms with E-state index in [0.717, 1.165) is 23.1 Å². The van der Waals surface area contributed by atoms with E-state index in [1.807, 2.05) is 12.1 Å². The van der Waals surface area contributed by atoms with E-state index in [0.29, 0.717) is 11.7 Å². The third kappa shape index (κ3) is 2.50. The summed E-state index contributed by atoms with van der Waals surface area (Å²) in [6.45, 7) is 2.51. The van der Waals surface area contributed by atoms with Gasteiger partial charge in [-0.1, -0.05) is 5.16 Å². The van der Waals surface area contributed by atoms with Gasteiger partial charge in [0.25, 0.3) is 0 Å². The molecule has 0 aliphatic carbocycles. The van der Waals surface area contributed by atoms with Crippen molar-refractivity contribution < 1.29 is 4.52 Å². The Morgan fingerprint density at radius 3 is 2.74 bits per heavy atom. The molecular weight excluding hydrogens is 308 g/mol. The molecule has 1 aliphatic heterocycles. The molecule has 0 unspecified atom stereocenters. The molecule has 0 saturated carbocycles. The Hall–Kier alpha value is -1.40. The molecule has 100 valence electrons. The molecule has 1 fully saturated rings. The highest BCUT2D eigenvalue weighted by atomic mass is 79.9. The fourth-order valence-corrected chi connectivity index (χ4v) is 2.95. The molecule has 0 amide bonds. The van der Waals surface area contributed by atoms with Crippen LogP contribution in [-0.2, 0) is 6.54 Å². The zero-order chi connectivity index (χ0) is 13.2. The number of benzene rings is 1. The van der Waals surface area contributed by atoms with Crippen LogP contribution in [0.5, 0.6) is 0 Å². The lowest BCUT2D eigenvalue weighted by Crippen LogP contribution is -2.17. The highest BCUT2D eigenvalue weighted by Gasteiger charge is 2.16. The Kier molecular flexibility index (Phi) is 3.52. The molecule has 5 nitrogen and oxygen atoms in total. The summed E-state index contributed by atoms with van der Waals surface area (Å²) in [6.07, 6.45) is 2.53. The summed E-state index contributed by atoms with van der Waals surface area (Å²) in [4.78, 5) is 6.61. The first kappa shape index (κ1) is 12.6. The van der Waals surface area contributed by atoms with E-state index in [1.165, 1.54) is 18.5 Å². The number of nitrogens with two attached hydrogens (primary N) is 1. The molecule has 2 heterocycles. The number of hydrogen-bond donors (Lipinski definition) is 1. The zero-order valence-corrected chi connectivity index (χ0v) is 12.1. The topological polar surface area (TPSA) is 68.2 Å². The van der Waals surface area contributed by atoms with Gasteiger partial charge >= 0.3 is 0 Å². The fourth-order valence-electron chi connectivity index (χ4n) is 2.32. The van der Waals surface area contributed by atoms with Crippen LogP contribution in [0.25, 0.3) is 11.4 Å². The van der Waals surface area contributed by atoms with Crippen molar-refractivity contribution >= 4 is 21.6 Å². The molecular formula is C13H15BrN4O. The lowest BCUT2D eigenvalue weighted by molar-refractivity contribution is 0.380. The van der Waals surface area contributed by atoms with E-state index in [-0.39, 0.29) is 6.54 Å². The lowest BCUT2D eigenvalue weighted by atomic mass is 10.2. The van der Waals surface area contributed by atoms with Gasteiger partial charge in [0.05, 0.1) is 12.2 Å². The first-order valence-electron chi connectivity index (χ1n) is 6.35. The highest BCUT2D eigenvalue weighted by Crippen LogP contribution is 2.32. The normalized spacial score (nSPS) is 15.2. The molecule has 3 rings (SSSR count). The number of aromatic nitrogens is 2. The molecule has 1 aliphatic rings. The first-order valence-corrected chi connectivity index (χ1v) is 7.15. The van der Waals surface area contributed by atoms with Crippen LogP contribution in [0, 0.1) is 0 Å². The van der Waals surface area contributed by atoms with Crippen molar-refractivity contribution in [1.29, 1.82) is 0 Å². The Morgan fingerprint density at radius 2 is 2.11 bits per heavy atom. The van der Waals surface area contributed by atoms with Crippen molar-refractivity contribution in [3.05, 3.63) is 28.6 Å². The number of hydrogen-bond acceptors (Lipinski definition) is 5. The van der Waals surface area contributed by atoms with Gasteiger partial charge in [-0.05, 0) is 47.0 Å². The van der Waals surface area contributed by atoms with Gasteiger partial charge in [0.2, 0.25) is 11.7 Å². The smallest absolute Gasteiger partial charge is 0.240 e. The summed E-state index contributed by atoms with van der Waals surface area (Å²) in [5.41, 5.74) is 7.62. The van der Waals surface area contributed by atoms with Crippen LogP contribution in [0.1, 0.15) is 18.7 Å². The first-order chi connectivity index (χ1) is 9.28. The minimum atomic E-state index is 0.264. The maximum atomic E-state index is 5.47. The third-order valence-electron chi connectivity index (χ3n) is 3.30. The molecule has 6 heteroatoms. The van der Waals surface area contributed by atoms with Gasteiger partial charge in [-0.3, -0.25) is 0 Å². The van der Waals surface area contributed by atoms with Crippen LogP contribution < -0.4 is 10.6 Å². The van der Waals surface area contributed by atoms with Crippen LogP contribution in [0.3, 0.4) is 0 Å². The number of rotatable bonds is 3. The summed E-state index contributed by atoms with van der Waals surface area (Å²) in [6, 6.07) is 6.14. The quantitative estimate of drug-likeness (QED) is 0.940. The van der Waals surface area contributed by atoms with Gasteiger partial charge < -0.3 is 15.2 Å². The maximum absolute atomic E-state index is 5.47. The van der Waals surface area contributed by atoms with Gasteiger partial charge in [0.1, 0.15) is 0 Å². The summed E-state index contributed by atoms with van der Waals surface area (Å²) >= 11 is 3.63. The Morgan fingerprint density at radius 1 is 1.32 bits per heavy atom. The van der Waals surface area contributed by atoms with Crippen molar-refractivity contribution in [2.75, 3.05) is 18.0 Å². The Labute approximate surface area is 119 Å². The Bertz CT molecular complexity index is 578. The van der Waals surface area contributed by atoms with Crippen LogP contribution in [0.2, 0.25) is 0 Å². The molecule has 2 N–H and O–H groups in total. The predicted octanol–water partition coefficient (Wildman–Crippen LogP) is 2.56. The van der Waals surface area contributed by atoms with Crippen molar-refractivity contribution in [1.82, 2.24) is 10.1 Å². The lowest BCUT2D eigenvalue weighted by Gasteiger charge is -2.19. The van der Waals surface area contributed by atoms with E-state index in [1.54, 1.807) is 0 Å². The molecule has 1 aromatic carbocycles. The second kappa shape index (κ2) is 5.30. The zero-order valence-electron chi connectivity index (χ0n) is 10.5. The second-order valence-corrected chi connectivity index (χ2v) is 5.43. The second-order valence-electron chi connectivity index (χ2n) is 4.58. The molecule has 1 saturated heterocycles. The Balaban J connectivity index is 1.90. The number of anilines is 1. The minimum Gasteiger partial charge on any atom is -0.371 e. The standard InChI is InChI=1S/C13H15BrN4O/c14-10-7-9(13-16-12(8-15)19-17-13)3-4-11(10)18-5-1-2-6-18/h3-4,7H,1-2,5-6,8,15H2. The van der Waals surface area contributed by atoms with Gasteiger partial charge in [-0.2, -0.15) is 4.98 Å². The van der Waals surface area contributed by atoms with E-state index < -0.39 is 0 Å². The van der Waals surface area contributed by atoms with Gasteiger partial charge in [-0.15, -0.1) is 0 Å². The van der Waals surface area contributed by atoms with E-state index in [4.69, 9.17) is 10.3 Å². The van der Waals surface area contributed by atoms with Crippen LogP contribution in [0.15, 0.2) is 27.2 Å². The third-order valence-corrected chi connectivity index (χ3v) is 3.93. The van der Waals surface area contributed by atoms with Crippen LogP contribution in [0.4, 0.5) is 5.69 Å². The van der Waals surface area contributed by atoms with Gasteiger partial charge in [0, 0.05) is 23.1 Å². The molecule has 0 spiro atoms. The van der Waals surface area contributed by atoms with Crippen LogP contribution >= 0.6 is 15.9 Å². The van der Waals surface area contributed by atoms with Crippen molar-refractivity contribution in [3.8, 4) is 11.4 Å². The largest absolute Gasteiger partial charge is 0.371 e. The van der Waals surface area contributed by atoms with Crippen LogP contribution in [-0.4, -0.2) is 23.2 Å². The summed E-state index contributed by atoms with van der Waals surface area (Å²) in [5.74, 6) is 1.03. The monoisotopic (exact) mass is 322 g/mol. The molecule has 0 bridgehead atoms. The fraction of sp³-hybridized carbons (Fsp3) is 0.385. The maximum Gasteiger partial charge on any atom is 0.240 e. The van der Waals surface area contributed by atoms with E-state index in [9.17, 15) is 0 Å². The summed E-state index contributed by atoms with van der Waals surface area (Å²) in [7, 11) is 0. The number of nitrogens with zero attached hydrogens (tertiary/aromatic N) is 3. The molecule has 1 aromatic heterocycles. The SMILES string of the molecule is NCc1nc(-c2ccc(N3CCCC3)c(Br)c2)no1. The van der Waals surface area contributed by atoms with Crippen molar-refractivity contribution in [3.63, 3.8) is 0 Å². The van der Waals surface area contributed by atoms with E-state index in [2.05, 4.69) is 37.0 Å². The molecule has 0 atom stereocenters. The van der Waals surface area contributed by atoms with E-state index >= 15 is 0 Å². The summed E-state index contributed by atoms with van der Waals surface area (Å²) < 4.78 is 6.09. The predicted molar refractivity (Wildman–Crippen MR) is 76.8 cm³/mol. The highest BCUT2D eigenvalue weighted by molar-refractivity contribution is 9.10. The molecule has 0 radical (unpaired) electrons. The molecule has 2 aromatic rings. The van der Waals surface area contributed by atoms with Gasteiger partial charge in [-0.25, -0.2) is 0 Å².